The molecule has 0 aliphatic heterocycles. The van der Waals surface area contributed by atoms with E-state index in [1.807, 2.05) is 0 Å². The van der Waals surface area contributed by atoms with E-state index in [1.54, 1.807) is 12.1 Å². The molecule has 0 fully saturated rings. The van der Waals surface area contributed by atoms with Crippen LogP contribution in [0.3, 0.4) is 0 Å². The molecule has 5 heteroatoms. The summed E-state index contributed by atoms with van der Waals surface area (Å²) in [5.41, 5.74) is 5.99. The number of benzene rings is 1. The second-order valence-corrected chi connectivity index (χ2v) is 3.58. The van der Waals surface area contributed by atoms with Gasteiger partial charge in [-0.15, -0.1) is 0 Å². The Morgan fingerprint density at radius 1 is 1.18 bits per heavy atom. The molecule has 1 atom stereocenters. The number of nitrogens with zero attached hydrogens (tertiary/aromatic N) is 1. The topological polar surface area (TPSA) is 59.1 Å². The van der Waals surface area contributed by atoms with Crippen LogP contribution in [-0.4, -0.2) is 10.1 Å². The van der Waals surface area contributed by atoms with Crippen LogP contribution in [0.4, 0.5) is 14.6 Å². The Morgan fingerprint density at radius 3 is 2.41 bits per heavy atom. The van der Waals surface area contributed by atoms with Crippen molar-refractivity contribution in [1.29, 1.82) is 0 Å². The lowest BCUT2D eigenvalue weighted by Crippen LogP contribution is -2.05. The second-order valence-electron chi connectivity index (χ2n) is 3.58. The molecule has 1 unspecified atom stereocenters. The minimum absolute atomic E-state index is 0.0993. The minimum Gasteiger partial charge on any atom is -0.384 e. The predicted octanol–water partition coefficient (Wildman–Crippen LogP) is 2.02. The minimum atomic E-state index is -1.20. The number of pyridine rings is 1. The monoisotopic (exact) mass is 236 g/mol. The number of anilines is 1. The van der Waals surface area contributed by atoms with Crippen molar-refractivity contribution in [1.82, 2.24) is 4.98 Å². The van der Waals surface area contributed by atoms with Gasteiger partial charge < -0.3 is 10.8 Å². The molecule has 0 saturated carbocycles. The van der Waals surface area contributed by atoms with E-state index in [9.17, 15) is 13.9 Å². The molecule has 0 aliphatic carbocycles. The number of hydrogen-bond donors (Lipinski definition) is 2. The number of aliphatic hydroxyl groups excluding tert-OH is 1. The molecule has 2 aromatic rings. The van der Waals surface area contributed by atoms with Gasteiger partial charge in [-0.3, -0.25) is 0 Å². The fraction of sp³-hybridized carbons (Fsp3) is 0.0833. The molecular formula is C12H10F2N2O. The summed E-state index contributed by atoms with van der Waals surface area (Å²) in [4.78, 5) is 3.80. The standard InChI is InChI=1S/C12H10F2N2O/c13-8-4-7(5-9(14)6-8)11(17)10-2-1-3-16-12(10)15/h1-6,11,17H,(H2,15,16). The molecule has 3 N–H and O–H groups in total. The molecule has 0 saturated heterocycles. The average molecular weight is 236 g/mol. The van der Waals surface area contributed by atoms with Crippen LogP contribution in [-0.2, 0) is 0 Å². The molecule has 0 spiro atoms. The van der Waals surface area contributed by atoms with Gasteiger partial charge in [0.05, 0.1) is 0 Å². The zero-order valence-electron chi connectivity index (χ0n) is 8.77. The summed E-state index contributed by atoms with van der Waals surface area (Å²) >= 11 is 0. The van der Waals surface area contributed by atoms with Gasteiger partial charge in [0.25, 0.3) is 0 Å². The summed E-state index contributed by atoms with van der Waals surface area (Å²) in [6.45, 7) is 0. The smallest absolute Gasteiger partial charge is 0.129 e. The first-order valence-electron chi connectivity index (χ1n) is 4.92. The van der Waals surface area contributed by atoms with Crippen LogP contribution >= 0.6 is 0 Å². The third-order valence-corrected chi connectivity index (χ3v) is 2.37. The lowest BCUT2D eigenvalue weighted by Gasteiger charge is -2.13. The van der Waals surface area contributed by atoms with Gasteiger partial charge in [-0.1, -0.05) is 6.07 Å². The van der Waals surface area contributed by atoms with Gasteiger partial charge in [0.1, 0.15) is 23.6 Å². The van der Waals surface area contributed by atoms with Crippen molar-refractivity contribution in [3.8, 4) is 0 Å². The molecule has 1 heterocycles. The largest absolute Gasteiger partial charge is 0.384 e. The summed E-state index contributed by atoms with van der Waals surface area (Å²) in [5, 5.41) is 9.97. The number of halogens is 2. The van der Waals surface area contributed by atoms with Gasteiger partial charge >= 0.3 is 0 Å². The first-order valence-corrected chi connectivity index (χ1v) is 4.92. The quantitative estimate of drug-likeness (QED) is 0.838. The Morgan fingerprint density at radius 2 is 1.82 bits per heavy atom. The van der Waals surface area contributed by atoms with Crippen molar-refractivity contribution in [2.75, 3.05) is 5.73 Å². The van der Waals surface area contributed by atoms with E-state index in [0.29, 0.717) is 5.56 Å². The summed E-state index contributed by atoms with van der Waals surface area (Å²) < 4.78 is 26.0. The van der Waals surface area contributed by atoms with Crippen LogP contribution in [0, 0.1) is 11.6 Å². The molecule has 0 aliphatic rings. The second kappa shape index (κ2) is 4.47. The average Bonchev–Trinajstić information content (AvgIpc) is 2.27. The van der Waals surface area contributed by atoms with E-state index < -0.39 is 17.7 Å². The number of nitrogens with two attached hydrogens (primary N) is 1. The molecule has 0 amide bonds. The maximum absolute atomic E-state index is 13.0. The number of aromatic nitrogens is 1. The Kier molecular flexibility index (Phi) is 3.01. The molecule has 1 aromatic heterocycles. The first-order chi connectivity index (χ1) is 8.08. The number of aliphatic hydroxyl groups is 1. The third-order valence-electron chi connectivity index (χ3n) is 2.37. The van der Waals surface area contributed by atoms with Crippen LogP contribution in [0.25, 0.3) is 0 Å². The van der Waals surface area contributed by atoms with Crippen LogP contribution in [0.1, 0.15) is 17.2 Å². The van der Waals surface area contributed by atoms with E-state index >= 15 is 0 Å². The molecular weight excluding hydrogens is 226 g/mol. The fourth-order valence-corrected chi connectivity index (χ4v) is 1.57. The van der Waals surface area contributed by atoms with Gasteiger partial charge in [0, 0.05) is 17.8 Å². The summed E-state index contributed by atoms with van der Waals surface area (Å²) in [6.07, 6.45) is 0.270. The van der Waals surface area contributed by atoms with Crippen LogP contribution in [0.5, 0.6) is 0 Å². The third kappa shape index (κ3) is 2.39. The molecule has 0 bridgehead atoms. The van der Waals surface area contributed by atoms with Crippen molar-refractivity contribution < 1.29 is 13.9 Å². The van der Waals surface area contributed by atoms with Crippen molar-refractivity contribution >= 4 is 5.82 Å². The normalized spacial score (nSPS) is 12.4. The van der Waals surface area contributed by atoms with Crippen molar-refractivity contribution in [3.63, 3.8) is 0 Å². The lowest BCUT2D eigenvalue weighted by atomic mass is 10.0. The maximum atomic E-state index is 13.0. The Labute approximate surface area is 96.5 Å². The van der Waals surface area contributed by atoms with E-state index in [1.165, 1.54) is 6.20 Å². The Balaban J connectivity index is 2.43. The Hall–Kier alpha value is -2.01. The highest BCUT2D eigenvalue weighted by Gasteiger charge is 2.15. The van der Waals surface area contributed by atoms with E-state index in [2.05, 4.69) is 4.98 Å². The molecule has 17 heavy (non-hydrogen) atoms. The number of hydrogen-bond acceptors (Lipinski definition) is 3. The van der Waals surface area contributed by atoms with Crippen molar-refractivity contribution in [3.05, 3.63) is 59.3 Å². The maximum Gasteiger partial charge on any atom is 0.129 e. The van der Waals surface area contributed by atoms with Crippen LogP contribution in [0.2, 0.25) is 0 Å². The highest BCUT2D eigenvalue weighted by atomic mass is 19.1. The molecule has 1 aromatic carbocycles. The lowest BCUT2D eigenvalue weighted by molar-refractivity contribution is 0.219. The van der Waals surface area contributed by atoms with Crippen LogP contribution in [0.15, 0.2) is 36.5 Å². The first kappa shape index (κ1) is 11.5. The highest BCUT2D eigenvalue weighted by Crippen LogP contribution is 2.26. The van der Waals surface area contributed by atoms with Crippen molar-refractivity contribution in [2.45, 2.75) is 6.10 Å². The van der Waals surface area contributed by atoms with Gasteiger partial charge in [0.15, 0.2) is 0 Å². The molecule has 3 nitrogen and oxygen atoms in total. The zero-order chi connectivity index (χ0) is 12.4. The SMILES string of the molecule is Nc1ncccc1C(O)c1cc(F)cc(F)c1. The molecule has 0 radical (unpaired) electrons. The zero-order valence-corrected chi connectivity index (χ0v) is 8.77. The van der Waals surface area contributed by atoms with Crippen molar-refractivity contribution in [2.24, 2.45) is 0 Å². The molecule has 2 rings (SSSR count). The van der Waals surface area contributed by atoms with Gasteiger partial charge in [-0.2, -0.15) is 0 Å². The predicted molar refractivity (Wildman–Crippen MR) is 59.1 cm³/mol. The van der Waals surface area contributed by atoms with Gasteiger partial charge in [-0.05, 0) is 23.8 Å². The van der Waals surface area contributed by atoms with E-state index in [-0.39, 0.29) is 11.4 Å². The summed E-state index contributed by atoms with van der Waals surface area (Å²) in [7, 11) is 0. The van der Waals surface area contributed by atoms with E-state index in [0.717, 1.165) is 18.2 Å². The number of rotatable bonds is 2. The molecule has 88 valence electrons. The van der Waals surface area contributed by atoms with Gasteiger partial charge in [-0.25, -0.2) is 13.8 Å². The summed E-state index contributed by atoms with van der Waals surface area (Å²) in [6, 6.07) is 5.99. The summed E-state index contributed by atoms with van der Waals surface area (Å²) in [5.74, 6) is -1.37. The highest BCUT2D eigenvalue weighted by molar-refractivity contribution is 5.44. The number of nitrogen functional groups attached to an aromatic ring is 1. The van der Waals surface area contributed by atoms with Gasteiger partial charge in [0.2, 0.25) is 0 Å². The van der Waals surface area contributed by atoms with Crippen LogP contribution < -0.4 is 5.73 Å². The fourth-order valence-electron chi connectivity index (χ4n) is 1.57. The Bertz CT molecular complexity index is 526. The van der Waals surface area contributed by atoms with E-state index in [4.69, 9.17) is 5.73 Å².